The molecular weight excluding hydrogens is 276 g/mol. The van der Waals surface area contributed by atoms with Crippen LogP contribution in [-0.2, 0) is 9.59 Å². The summed E-state index contributed by atoms with van der Waals surface area (Å²) in [5.74, 6) is 1.88. The van der Waals surface area contributed by atoms with E-state index in [-0.39, 0.29) is 11.8 Å². The van der Waals surface area contributed by atoms with Gasteiger partial charge in [-0.25, -0.2) is 0 Å². The van der Waals surface area contributed by atoms with Crippen LogP contribution >= 0.6 is 11.8 Å². The van der Waals surface area contributed by atoms with Crippen molar-refractivity contribution in [1.82, 2.24) is 5.32 Å². The van der Waals surface area contributed by atoms with Crippen molar-refractivity contribution < 1.29 is 14.3 Å². The van der Waals surface area contributed by atoms with Crippen LogP contribution in [0, 0.1) is 0 Å². The summed E-state index contributed by atoms with van der Waals surface area (Å²) in [5.41, 5.74) is 0.696. The first-order valence-electron chi connectivity index (χ1n) is 6.60. The number of anilines is 1. The van der Waals surface area contributed by atoms with Gasteiger partial charge in [0.05, 0.1) is 6.61 Å². The number of rotatable bonds is 4. The van der Waals surface area contributed by atoms with E-state index in [4.69, 9.17) is 4.74 Å². The van der Waals surface area contributed by atoms with Gasteiger partial charge in [-0.3, -0.25) is 9.59 Å². The Kier molecular flexibility index (Phi) is 5.29. The highest BCUT2D eigenvalue weighted by molar-refractivity contribution is 7.99. The molecule has 20 heavy (non-hydrogen) atoms. The lowest BCUT2D eigenvalue weighted by Crippen LogP contribution is -2.44. The Hall–Kier alpha value is -1.69. The van der Waals surface area contributed by atoms with E-state index in [9.17, 15) is 9.59 Å². The molecule has 0 spiro atoms. The van der Waals surface area contributed by atoms with Gasteiger partial charge < -0.3 is 15.4 Å². The minimum absolute atomic E-state index is 0.0677. The molecule has 2 amide bonds. The quantitative estimate of drug-likeness (QED) is 0.886. The van der Waals surface area contributed by atoms with Crippen LogP contribution in [0.2, 0.25) is 0 Å². The maximum absolute atomic E-state index is 12.1. The zero-order chi connectivity index (χ0) is 14.4. The molecule has 0 saturated carbocycles. The molecule has 0 aliphatic carbocycles. The first-order chi connectivity index (χ1) is 9.69. The number of benzene rings is 1. The largest absolute Gasteiger partial charge is 0.494 e. The molecule has 1 saturated heterocycles. The lowest BCUT2D eigenvalue weighted by Gasteiger charge is -2.15. The summed E-state index contributed by atoms with van der Waals surface area (Å²) in [6, 6.07) is 6.71. The molecule has 0 unspecified atom stereocenters. The predicted molar refractivity (Wildman–Crippen MR) is 80.1 cm³/mol. The Morgan fingerprint density at radius 2 is 2.20 bits per heavy atom. The molecule has 1 fully saturated rings. The Morgan fingerprint density at radius 3 is 2.90 bits per heavy atom. The van der Waals surface area contributed by atoms with E-state index in [1.54, 1.807) is 36.0 Å². The molecule has 1 aliphatic rings. The summed E-state index contributed by atoms with van der Waals surface area (Å²) < 4.78 is 5.34. The first-order valence-corrected chi connectivity index (χ1v) is 7.75. The minimum atomic E-state index is -0.471. The molecule has 2 rings (SSSR count). The van der Waals surface area contributed by atoms with Crippen LogP contribution in [0.3, 0.4) is 0 Å². The topological polar surface area (TPSA) is 67.4 Å². The third kappa shape index (κ3) is 4.16. The van der Waals surface area contributed by atoms with Crippen molar-refractivity contribution >= 4 is 29.3 Å². The molecule has 6 heteroatoms. The van der Waals surface area contributed by atoms with Crippen LogP contribution in [-0.4, -0.2) is 36.0 Å². The van der Waals surface area contributed by atoms with Crippen LogP contribution in [0.1, 0.15) is 13.3 Å². The van der Waals surface area contributed by atoms with Crippen LogP contribution < -0.4 is 15.4 Å². The van der Waals surface area contributed by atoms with Crippen LogP contribution in [0.15, 0.2) is 24.3 Å². The van der Waals surface area contributed by atoms with Crippen molar-refractivity contribution in [1.29, 1.82) is 0 Å². The highest BCUT2D eigenvalue weighted by atomic mass is 32.2. The molecule has 108 valence electrons. The van der Waals surface area contributed by atoms with Crippen LogP contribution in [0.25, 0.3) is 0 Å². The van der Waals surface area contributed by atoms with Gasteiger partial charge in [-0.05, 0) is 31.2 Å². The summed E-state index contributed by atoms with van der Waals surface area (Å²) in [4.78, 5) is 23.6. The fourth-order valence-electron chi connectivity index (χ4n) is 1.85. The first kappa shape index (κ1) is 14.7. The average Bonchev–Trinajstić information content (AvgIpc) is 2.66. The van der Waals surface area contributed by atoms with Crippen molar-refractivity contribution in [2.45, 2.75) is 19.4 Å². The summed E-state index contributed by atoms with van der Waals surface area (Å²) in [6.45, 7) is 2.53. The van der Waals surface area contributed by atoms with E-state index in [0.717, 1.165) is 11.5 Å². The molecule has 1 heterocycles. The summed E-state index contributed by atoms with van der Waals surface area (Å²) >= 11 is 1.61. The maximum atomic E-state index is 12.1. The van der Waals surface area contributed by atoms with Gasteiger partial charge in [0.2, 0.25) is 11.8 Å². The van der Waals surface area contributed by atoms with Gasteiger partial charge in [0.15, 0.2) is 0 Å². The van der Waals surface area contributed by atoms with Gasteiger partial charge >= 0.3 is 0 Å². The maximum Gasteiger partial charge on any atom is 0.247 e. The minimum Gasteiger partial charge on any atom is -0.494 e. The van der Waals surface area contributed by atoms with Gasteiger partial charge in [0, 0.05) is 23.6 Å². The Bertz CT molecular complexity index is 476. The number of ether oxygens (including phenoxy) is 1. The summed E-state index contributed by atoms with van der Waals surface area (Å²) in [7, 11) is 0. The van der Waals surface area contributed by atoms with Gasteiger partial charge in [-0.1, -0.05) is 0 Å². The zero-order valence-electron chi connectivity index (χ0n) is 11.3. The van der Waals surface area contributed by atoms with Crippen LogP contribution in [0.4, 0.5) is 5.69 Å². The van der Waals surface area contributed by atoms with Crippen molar-refractivity contribution in [3.05, 3.63) is 24.3 Å². The van der Waals surface area contributed by atoms with Gasteiger partial charge in [-0.2, -0.15) is 11.8 Å². The Morgan fingerprint density at radius 1 is 1.45 bits per heavy atom. The van der Waals surface area contributed by atoms with Gasteiger partial charge in [0.25, 0.3) is 0 Å². The summed E-state index contributed by atoms with van der Waals surface area (Å²) in [6.07, 6.45) is 0.470. The molecule has 2 N–H and O–H groups in total. The fraction of sp³-hybridized carbons (Fsp3) is 0.429. The molecule has 1 atom stereocenters. The summed E-state index contributed by atoms with van der Waals surface area (Å²) in [5, 5.41) is 5.54. The van der Waals surface area contributed by atoms with Crippen molar-refractivity contribution in [3.8, 4) is 5.75 Å². The van der Waals surface area contributed by atoms with E-state index in [0.29, 0.717) is 24.5 Å². The molecule has 5 nitrogen and oxygen atoms in total. The van der Waals surface area contributed by atoms with E-state index in [2.05, 4.69) is 10.6 Å². The lowest BCUT2D eigenvalue weighted by molar-refractivity contribution is -0.125. The van der Waals surface area contributed by atoms with E-state index < -0.39 is 6.04 Å². The third-order valence-electron chi connectivity index (χ3n) is 2.84. The molecule has 0 bridgehead atoms. The standard InChI is InChI=1S/C14H18N2O3S/c1-2-19-11-5-3-10(4-6-11)15-14(18)12-9-20-8-7-13(17)16-12/h3-6,12H,2,7-9H2,1H3,(H,15,18)(H,16,17)/t12-/m1/s1. The monoisotopic (exact) mass is 294 g/mol. The van der Waals surface area contributed by atoms with Crippen molar-refractivity contribution in [3.63, 3.8) is 0 Å². The van der Waals surface area contributed by atoms with Crippen LogP contribution in [0.5, 0.6) is 5.75 Å². The molecule has 0 radical (unpaired) electrons. The fourth-order valence-corrected chi connectivity index (χ4v) is 2.81. The number of carbonyl (C=O) groups excluding carboxylic acids is 2. The Labute approximate surface area is 122 Å². The van der Waals surface area contributed by atoms with Crippen molar-refractivity contribution in [2.75, 3.05) is 23.4 Å². The second kappa shape index (κ2) is 7.19. The normalized spacial score (nSPS) is 18.9. The van der Waals surface area contributed by atoms with Gasteiger partial charge in [-0.15, -0.1) is 0 Å². The molecule has 1 aromatic rings. The number of hydrogen-bond donors (Lipinski definition) is 2. The SMILES string of the molecule is CCOc1ccc(NC(=O)[C@H]2CSCCC(=O)N2)cc1. The van der Waals surface area contributed by atoms with Crippen molar-refractivity contribution in [2.24, 2.45) is 0 Å². The predicted octanol–water partition coefficient (Wildman–Crippen LogP) is 1.65. The van der Waals surface area contributed by atoms with E-state index in [1.165, 1.54) is 0 Å². The highest BCUT2D eigenvalue weighted by Crippen LogP contribution is 2.17. The Balaban J connectivity index is 1.94. The third-order valence-corrected chi connectivity index (χ3v) is 3.90. The number of nitrogens with one attached hydrogen (secondary N) is 2. The lowest BCUT2D eigenvalue weighted by atomic mass is 10.2. The number of thioether (sulfide) groups is 1. The second-order valence-corrected chi connectivity index (χ2v) is 5.54. The number of hydrogen-bond acceptors (Lipinski definition) is 4. The van der Waals surface area contributed by atoms with E-state index >= 15 is 0 Å². The number of carbonyl (C=O) groups is 2. The molecule has 0 aromatic heterocycles. The number of amides is 2. The molecular formula is C14H18N2O3S. The van der Waals surface area contributed by atoms with E-state index in [1.807, 2.05) is 6.92 Å². The van der Waals surface area contributed by atoms with Gasteiger partial charge in [0.1, 0.15) is 11.8 Å². The molecule has 1 aliphatic heterocycles. The molecule has 1 aromatic carbocycles. The zero-order valence-corrected chi connectivity index (χ0v) is 12.2. The second-order valence-electron chi connectivity index (χ2n) is 4.39. The smallest absolute Gasteiger partial charge is 0.247 e. The highest BCUT2D eigenvalue weighted by Gasteiger charge is 2.23. The average molecular weight is 294 g/mol.